The van der Waals surface area contributed by atoms with Crippen LogP contribution < -0.4 is 5.73 Å². The van der Waals surface area contributed by atoms with Crippen LogP contribution in [0.25, 0.3) is 0 Å². The molecule has 0 saturated carbocycles. The van der Waals surface area contributed by atoms with Crippen LogP contribution in [0.2, 0.25) is 0 Å². The van der Waals surface area contributed by atoms with Crippen LogP contribution in [0.5, 0.6) is 0 Å². The molecule has 2 heterocycles. The Balaban J connectivity index is 2.39. The summed E-state index contributed by atoms with van der Waals surface area (Å²) in [4.78, 5) is 8.57. The van der Waals surface area contributed by atoms with Gasteiger partial charge in [-0.15, -0.1) is 0 Å². The molecule has 0 radical (unpaired) electrons. The Morgan fingerprint density at radius 3 is 2.93 bits per heavy atom. The molecule has 82 valence electrons. The molecule has 1 aromatic rings. The fraction of sp³-hybridized carbons (Fsp3) is 0.636. The van der Waals surface area contributed by atoms with Gasteiger partial charge in [0.15, 0.2) is 0 Å². The van der Waals surface area contributed by atoms with Gasteiger partial charge in [0, 0.05) is 18.0 Å². The van der Waals surface area contributed by atoms with E-state index in [4.69, 9.17) is 10.5 Å². The lowest BCUT2D eigenvalue weighted by Crippen LogP contribution is -2.24. The van der Waals surface area contributed by atoms with Gasteiger partial charge in [0.1, 0.15) is 6.33 Å². The van der Waals surface area contributed by atoms with Gasteiger partial charge in [0.05, 0.1) is 24.6 Å². The fourth-order valence-electron chi connectivity index (χ4n) is 1.78. The maximum absolute atomic E-state index is 6.12. The minimum absolute atomic E-state index is 0.0246. The van der Waals surface area contributed by atoms with Gasteiger partial charge in [-0.2, -0.15) is 0 Å². The third-order valence-corrected chi connectivity index (χ3v) is 2.83. The van der Waals surface area contributed by atoms with Crippen LogP contribution in [-0.2, 0) is 17.8 Å². The first-order valence-corrected chi connectivity index (χ1v) is 5.36. The molecule has 0 unspecified atom stereocenters. The van der Waals surface area contributed by atoms with E-state index in [1.165, 1.54) is 0 Å². The Labute approximate surface area is 89.9 Å². The predicted molar refractivity (Wildman–Crippen MR) is 57.2 cm³/mol. The molecule has 0 aromatic carbocycles. The summed E-state index contributed by atoms with van der Waals surface area (Å²) < 4.78 is 5.43. The predicted octanol–water partition coefficient (Wildman–Crippen LogP) is 1.21. The van der Waals surface area contributed by atoms with E-state index in [-0.39, 0.29) is 6.04 Å². The van der Waals surface area contributed by atoms with Crippen molar-refractivity contribution in [1.29, 1.82) is 0 Å². The Hall–Kier alpha value is -1.00. The van der Waals surface area contributed by atoms with Crippen molar-refractivity contribution in [1.82, 2.24) is 9.97 Å². The van der Waals surface area contributed by atoms with Crippen molar-refractivity contribution < 1.29 is 4.74 Å². The molecule has 1 aliphatic rings. The minimum atomic E-state index is -0.0246. The fourth-order valence-corrected chi connectivity index (χ4v) is 1.78. The van der Waals surface area contributed by atoms with E-state index in [0.29, 0.717) is 12.5 Å². The summed E-state index contributed by atoms with van der Waals surface area (Å²) in [5.41, 5.74) is 9.27. The lowest BCUT2D eigenvalue weighted by Gasteiger charge is -2.22. The van der Waals surface area contributed by atoms with Gasteiger partial charge in [0.25, 0.3) is 0 Å². The molecule has 0 spiro atoms. The first-order chi connectivity index (χ1) is 7.20. The second kappa shape index (κ2) is 4.24. The second-order valence-electron chi connectivity index (χ2n) is 4.26. The molecule has 1 atom stereocenters. The highest BCUT2D eigenvalue weighted by Gasteiger charge is 2.21. The highest BCUT2D eigenvalue weighted by molar-refractivity contribution is 5.28. The van der Waals surface area contributed by atoms with Gasteiger partial charge in [-0.1, -0.05) is 13.8 Å². The number of nitrogens with two attached hydrogens (primary N) is 1. The zero-order valence-electron chi connectivity index (χ0n) is 9.23. The van der Waals surface area contributed by atoms with Gasteiger partial charge in [0.2, 0.25) is 0 Å². The molecule has 15 heavy (non-hydrogen) atoms. The molecule has 4 nitrogen and oxygen atoms in total. The average Bonchev–Trinajstić information content (AvgIpc) is 2.27. The molecule has 2 N–H and O–H groups in total. The van der Waals surface area contributed by atoms with Crippen LogP contribution in [0.4, 0.5) is 0 Å². The molecule has 1 aliphatic heterocycles. The Morgan fingerprint density at radius 1 is 1.40 bits per heavy atom. The molecular formula is C11H17N3O. The SMILES string of the molecule is CC(C)[C@H](N)c1ncnc2c1COCC2. The van der Waals surface area contributed by atoms with Gasteiger partial charge < -0.3 is 10.5 Å². The molecule has 2 rings (SSSR count). The van der Waals surface area contributed by atoms with Crippen LogP contribution in [0.3, 0.4) is 0 Å². The molecule has 0 fully saturated rings. The number of rotatable bonds is 2. The summed E-state index contributed by atoms with van der Waals surface area (Å²) in [7, 11) is 0. The van der Waals surface area contributed by atoms with Gasteiger partial charge in [-0.3, -0.25) is 0 Å². The van der Waals surface area contributed by atoms with E-state index in [2.05, 4.69) is 23.8 Å². The lowest BCUT2D eigenvalue weighted by atomic mass is 9.96. The van der Waals surface area contributed by atoms with Gasteiger partial charge >= 0.3 is 0 Å². The number of hydrogen-bond acceptors (Lipinski definition) is 4. The zero-order chi connectivity index (χ0) is 10.8. The second-order valence-corrected chi connectivity index (χ2v) is 4.26. The Bertz CT molecular complexity index is 352. The van der Waals surface area contributed by atoms with Crippen molar-refractivity contribution in [2.45, 2.75) is 32.9 Å². The normalized spacial score (nSPS) is 17.6. The van der Waals surface area contributed by atoms with Crippen molar-refractivity contribution in [2.24, 2.45) is 11.7 Å². The summed E-state index contributed by atoms with van der Waals surface area (Å²) in [6.45, 7) is 5.55. The highest BCUT2D eigenvalue weighted by atomic mass is 16.5. The van der Waals surface area contributed by atoms with Gasteiger partial charge in [-0.05, 0) is 5.92 Å². The van der Waals surface area contributed by atoms with E-state index in [9.17, 15) is 0 Å². The standard InChI is InChI=1S/C11H17N3O/c1-7(2)10(12)11-8-5-15-4-3-9(8)13-6-14-11/h6-7,10H,3-5,12H2,1-2H3/t10-/m0/s1. The molecule has 0 saturated heterocycles. The van der Waals surface area contributed by atoms with Crippen molar-refractivity contribution >= 4 is 0 Å². The summed E-state index contributed by atoms with van der Waals surface area (Å²) >= 11 is 0. The van der Waals surface area contributed by atoms with Crippen molar-refractivity contribution in [3.8, 4) is 0 Å². The first kappa shape index (κ1) is 10.5. The number of aromatic nitrogens is 2. The van der Waals surface area contributed by atoms with Crippen LogP contribution in [0.1, 0.15) is 36.8 Å². The van der Waals surface area contributed by atoms with E-state index in [0.717, 1.165) is 30.0 Å². The van der Waals surface area contributed by atoms with E-state index < -0.39 is 0 Å². The zero-order valence-corrected chi connectivity index (χ0v) is 9.23. The van der Waals surface area contributed by atoms with E-state index in [1.54, 1.807) is 6.33 Å². The Kier molecular flexibility index (Phi) is 2.98. The van der Waals surface area contributed by atoms with Crippen LogP contribution in [-0.4, -0.2) is 16.6 Å². The number of hydrogen-bond donors (Lipinski definition) is 1. The monoisotopic (exact) mass is 207 g/mol. The smallest absolute Gasteiger partial charge is 0.116 e. The lowest BCUT2D eigenvalue weighted by molar-refractivity contribution is 0.107. The Morgan fingerprint density at radius 2 is 2.20 bits per heavy atom. The third-order valence-electron chi connectivity index (χ3n) is 2.83. The molecule has 0 amide bonds. The maximum atomic E-state index is 6.12. The van der Waals surface area contributed by atoms with Crippen LogP contribution in [0.15, 0.2) is 6.33 Å². The summed E-state index contributed by atoms with van der Waals surface area (Å²) in [6.07, 6.45) is 2.48. The topological polar surface area (TPSA) is 61.0 Å². The van der Waals surface area contributed by atoms with E-state index >= 15 is 0 Å². The molecule has 4 heteroatoms. The van der Waals surface area contributed by atoms with Crippen molar-refractivity contribution in [3.63, 3.8) is 0 Å². The quantitative estimate of drug-likeness (QED) is 0.791. The first-order valence-electron chi connectivity index (χ1n) is 5.36. The van der Waals surface area contributed by atoms with Crippen molar-refractivity contribution in [3.05, 3.63) is 23.3 Å². The maximum Gasteiger partial charge on any atom is 0.116 e. The molecule has 0 bridgehead atoms. The van der Waals surface area contributed by atoms with Crippen LogP contribution in [0, 0.1) is 5.92 Å². The summed E-state index contributed by atoms with van der Waals surface area (Å²) in [5.74, 6) is 0.380. The average molecular weight is 207 g/mol. The highest BCUT2D eigenvalue weighted by Crippen LogP contribution is 2.24. The number of nitrogens with zero attached hydrogens (tertiary/aromatic N) is 2. The minimum Gasteiger partial charge on any atom is -0.376 e. The van der Waals surface area contributed by atoms with Crippen LogP contribution >= 0.6 is 0 Å². The van der Waals surface area contributed by atoms with E-state index in [1.807, 2.05) is 0 Å². The third kappa shape index (κ3) is 2.01. The molecule has 1 aromatic heterocycles. The van der Waals surface area contributed by atoms with Gasteiger partial charge in [-0.25, -0.2) is 9.97 Å². The molecular weight excluding hydrogens is 190 g/mol. The van der Waals surface area contributed by atoms with Crippen molar-refractivity contribution in [2.75, 3.05) is 6.61 Å². The summed E-state index contributed by atoms with van der Waals surface area (Å²) in [6, 6.07) is -0.0246. The molecule has 0 aliphatic carbocycles. The number of ether oxygens (including phenoxy) is 1. The summed E-state index contributed by atoms with van der Waals surface area (Å²) in [5, 5.41) is 0. The number of fused-ring (bicyclic) bond motifs is 1. The largest absolute Gasteiger partial charge is 0.376 e.